The maximum atomic E-state index is 9.80. The molecule has 0 aromatic heterocycles. The molecule has 2 heteroatoms. The van der Waals surface area contributed by atoms with Crippen LogP contribution in [-0.4, -0.2) is 5.11 Å². The number of phenolic OH excluding ortho intramolecular Hbond substituents is 1. The second kappa shape index (κ2) is 3.14. The van der Waals surface area contributed by atoms with E-state index in [2.05, 4.69) is 0 Å². The highest BCUT2D eigenvalue weighted by Crippen LogP contribution is 2.34. The van der Waals surface area contributed by atoms with E-state index in [9.17, 15) is 5.11 Å². The van der Waals surface area contributed by atoms with Gasteiger partial charge in [-0.15, -0.1) is 0 Å². The van der Waals surface area contributed by atoms with Gasteiger partial charge in [-0.05, 0) is 29.0 Å². The van der Waals surface area contributed by atoms with E-state index in [1.54, 1.807) is 12.1 Å². The third-order valence-electron chi connectivity index (χ3n) is 2.91. The van der Waals surface area contributed by atoms with Crippen molar-refractivity contribution in [1.82, 2.24) is 0 Å². The zero-order valence-corrected chi connectivity index (χ0v) is 8.64. The first-order valence-electron chi connectivity index (χ1n) is 5.16. The van der Waals surface area contributed by atoms with E-state index in [0.29, 0.717) is 5.69 Å². The van der Waals surface area contributed by atoms with E-state index in [1.807, 2.05) is 36.4 Å². The Hall–Kier alpha value is -2.22. The van der Waals surface area contributed by atoms with Crippen LogP contribution in [-0.2, 0) is 0 Å². The maximum absolute atomic E-state index is 9.80. The van der Waals surface area contributed by atoms with E-state index >= 15 is 0 Å². The molecule has 0 amide bonds. The van der Waals surface area contributed by atoms with Crippen molar-refractivity contribution in [3.8, 4) is 5.75 Å². The number of nitrogens with two attached hydrogens (primary N) is 1. The van der Waals surface area contributed by atoms with E-state index in [0.717, 1.165) is 21.5 Å². The van der Waals surface area contributed by atoms with Crippen LogP contribution in [0.2, 0.25) is 0 Å². The quantitative estimate of drug-likeness (QED) is 0.339. The summed E-state index contributed by atoms with van der Waals surface area (Å²) in [6.07, 6.45) is 0. The fraction of sp³-hybridized carbons (Fsp3) is 0. The molecule has 0 aliphatic carbocycles. The van der Waals surface area contributed by atoms with Crippen LogP contribution >= 0.6 is 0 Å². The number of phenols is 1. The van der Waals surface area contributed by atoms with Gasteiger partial charge in [-0.2, -0.15) is 0 Å². The molecule has 0 fully saturated rings. The Kier molecular flexibility index (Phi) is 1.77. The molecule has 3 aromatic rings. The fourth-order valence-corrected chi connectivity index (χ4v) is 2.14. The van der Waals surface area contributed by atoms with Gasteiger partial charge in [-0.1, -0.05) is 30.3 Å². The van der Waals surface area contributed by atoms with E-state index < -0.39 is 0 Å². The van der Waals surface area contributed by atoms with Gasteiger partial charge in [0.05, 0.1) is 0 Å². The second-order valence-corrected chi connectivity index (χ2v) is 3.88. The van der Waals surface area contributed by atoms with Crippen molar-refractivity contribution in [3.05, 3.63) is 48.5 Å². The van der Waals surface area contributed by atoms with E-state index in [1.165, 1.54) is 0 Å². The lowest BCUT2D eigenvalue weighted by Crippen LogP contribution is -1.88. The number of hydrogen-bond donors (Lipinski definition) is 2. The Bertz CT molecular complexity index is 689. The van der Waals surface area contributed by atoms with E-state index in [4.69, 9.17) is 5.73 Å². The number of nitrogen functional groups attached to an aromatic ring is 1. The standard InChI is InChI=1S/C14H11NO/c15-12-7-8-13(16)11-6-5-9-3-1-2-4-10(9)14(11)12/h1-8,16H,15H2. The Morgan fingerprint density at radius 2 is 1.62 bits per heavy atom. The number of fused-ring (bicyclic) bond motifs is 3. The van der Waals surface area contributed by atoms with Gasteiger partial charge >= 0.3 is 0 Å². The molecule has 0 atom stereocenters. The molecule has 0 aliphatic heterocycles. The SMILES string of the molecule is Nc1ccc(O)c2ccc3ccccc3c12. The summed E-state index contributed by atoms with van der Waals surface area (Å²) in [5.74, 6) is 0.273. The molecular weight excluding hydrogens is 198 g/mol. The largest absolute Gasteiger partial charge is 0.507 e. The highest BCUT2D eigenvalue weighted by molar-refractivity contribution is 6.14. The third-order valence-corrected chi connectivity index (χ3v) is 2.91. The zero-order chi connectivity index (χ0) is 11.1. The fourth-order valence-electron chi connectivity index (χ4n) is 2.14. The zero-order valence-electron chi connectivity index (χ0n) is 8.64. The average Bonchev–Trinajstić information content (AvgIpc) is 2.33. The Morgan fingerprint density at radius 3 is 2.50 bits per heavy atom. The van der Waals surface area contributed by atoms with Crippen LogP contribution in [0, 0.1) is 0 Å². The van der Waals surface area contributed by atoms with Crippen LogP contribution in [0.1, 0.15) is 0 Å². The molecule has 0 heterocycles. The molecule has 0 unspecified atom stereocenters. The van der Waals surface area contributed by atoms with Gasteiger partial charge in [0.25, 0.3) is 0 Å². The predicted octanol–water partition coefficient (Wildman–Crippen LogP) is 3.28. The van der Waals surface area contributed by atoms with Crippen molar-refractivity contribution in [2.24, 2.45) is 0 Å². The summed E-state index contributed by atoms with van der Waals surface area (Å²) in [5.41, 5.74) is 6.68. The Labute approximate surface area is 92.9 Å². The molecule has 2 nitrogen and oxygen atoms in total. The Morgan fingerprint density at radius 1 is 0.812 bits per heavy atom. The van der Waals surface area contributed by atoms with Crippen molar-refractivity contribution < 1.29 is 5.11 Å². The summed E-state index contributed by atoms with van der Waals surface area (Å²) in [4.78, 5) is 0. The van der Waals surface area contributed by atoms with Crippen LogP contribution in [0.5, 0.6) is 5.75 Å². The van der Waals surface area contributed by atoms with Crippen molar-refractivity contribution >= 4 is 27.2 Å². The minimum absolute atomic E-state index is 0.273. The summed E-state index contributed by atoms with van der Waals surface area (Å²) in [6.45, 7) is 0. The van der Waals surface area contributed by atoms with Crippen LogP contribution in [0.4, 0.5) is 5.69 Å². The first-order chi connectivity index (χ1) is 7.77. The van der Waals surface area contributed by atoms with Gasteiger partial charge in [0.15, 0.2) is 0 Å². The molecule has 3 rings (SSSR count). The molecule has 78 valence electrons. The molecular formula is C14H11NO. The van der Waals surface area contributed by atoms with Crippen molar-refractivity contribution in [3.63, 3.8) is 0 Å². The van der Waals surface area contributed by atoms with Crippen molar-refractivity contribution in [2.45, 2.75) is 0 Å². The van der Waals surface area contributed by atoms with Gasteiger partial charge in [0.2, 0.25) is 0 Å². The van der Waals surface area contributed by atoms with Crippen LogP contribution in [0.25, 0.3) is 21.5 Å². The lowest BCUT2D eigenvalue weighted by molar-refractivity contribution is 0.482. The first kappa shape index (κ1) is 9.04. The van der Waals surface area contributed by atoms with Crippen LogP contribution < -0.4 is 5.73 Å². The number of hydrogen-bond acceptors (Lipinski definition) is 2. The van der Waals surface area contributed by atoms with Gasteiger partial charge in [0.1, 0.15) is 5.75 Å². The molecule has 0 radical (unpaired) electrons. The summed E-state index contributed by atoms with van der Waals surface area (Å²) in [7, 11) is 0. The van der Waals surface area contributed by atoms with Gasteiger partial charge < -0.3 is 10.8 Å². The van der Waals surface area contributed by atoms with Crippen LogP contribution in [0.15, 0.2) is 48.5 Å². The molecule has 0 saturated heterocycles. The molecule has 0 aliphatic rings. The van der Waals surface area contributed by atoms with Gasteiger partial charge in [0, 0.05) is 16.5 Å². The Balaban J connectivity index is 2.64. The highest BCUT2D eigenvalue weighted by Gasteiger charge is 2.06. The highest BCUT2D eigenvalue weighted by atomic mass is 16.3. The summed E-state index contributed by atoms with van der Waals surface area (Å²) in [6, 6.07) is 15.3. The summed E-state index contributed by atoms with van der Waals surface area (Å²) in [5, 5.41) is 13.7. The lowest BCUT2D eigenvalue weighted by Gasteiger charge is -2.07. The maximum Gasteiger partial charge on any atom is 0.123 e. The minimum atomic E-state index is 0.273. The molecule has 3 N–H and O–H groups in total. The third kappa shape index (κ3) is 1.13. The number of rotatable bonds is 0. The molecule has 16 heavy (non-hydrogen) atoms. The summed E-state index contributed by atoms with van der Waals surface area (Å²) >= 11 is 0. The second-order valence-electron chi connectivity index (χ2n) is 3.88. The number of aromatic hydroxyl groups is 1. The molecule has 3 aromatic carbocycles. The van der Waals surface area contributed by atoms with E-state index in [-0.39, 0.29) is 5.75 Å². The molecule has 0 spiro atoms. The lowest BCUT2D eigenvalue weighted by atomic mass is 10.0. The number of anilines is 1. The van der Waals surface area contributed by atoms with Crippen LogP contribution in [0.3, 0.4) is 0 Å². The smallest absolute Gasteiger partial charge is 0.123 e. The van der Waals surface area contributed by atoms with Gasteiger partial charge in [-0.3, -0.25) is 0 Å². The predicted molar refractivity (Wildman–Crippen MR) is 67.5 cm³/mol. The van der Waals surface area contributed by atoms with Gasteiger partial charge in [-0.25, -0.2) is 0 Å². The molecule has 0 bridgehead atoms. The topological polar surface area (TPSA) is 46.2 Å². The monoisotopic (exact) mass is 209 g/mol. The molecule has 0 saturated carbocycles. The number of benzene rings is 3. The first-order valence-corrected chi connectivity index (χ1v) is 5.16. The minimum Gasteiger partial charge on any atom is -0.507 e. The average molecular weight is 209 g/mol. The normalized spacial score (nSPS) is 11.0. The van der Waals surface area contributed by atoms with Crippen molar-refractivity contribution in [2.75, 3.05) is 5.73 Å². The summed E-state index contributed by atoms with van der Waals surface area (Å²) < 4.78 is 0. The van der Waals surface area contributed by atoms with Crippen molar-refractivity contribution in [1.29, 1.82) is 0 Å².